The van der Waals surface area contributed by atoms with Crippen LogP contribution in [0.3, 0.4) is 0 Å². The Bertz CT molecular complexity index is 744. The Morgan fingerprint density at radius 1 is 1.31 bits per heavy atom. The molecule has 26 heavy (non-hydrogen) atoms. The summed E-state index contributed by atoms with van der Waals surface area (Å²) in [6.07, 6.45) is 1.36. The summed E-state index contributed by atoms with van der Waals surface area (Å²) in [5, 5.41) is 7.44. The second kappa shape index (κ2) is 8.22. The number of hydrogen-bond acceptors (Lipinski definition) is 6. The molecule has 1 aromatic rings. The van der Waals surface area contributed by atoms with Crippen molar-refractivity contribution >= 4 is 27.5 Å². The van der Waals surface area contributed by atoms with Gasteiger partial charge in [-0.2, -0.15) is 4.31 Å². The zero-order chi connectivity index (χ0) is 18.6. The van der Waals surface area contributed by atoms with Crippen molar-refractivity contribution in [3.05, 3.63) is 29.3 Å². The molecule has 0 radical (unpaired) electrons. The summed E-state index contributed by atoms with van der Waals surface area (Å²) in [5.74, 6) is 0.921. The fourth-order valence-corrected chi connectivity index (χ4v) is 5.04. The molecule has 1 fully saturated rings. The van der Waals surface area contributed by atoms with E-state index >= 15 is 0 Å². The molecule has 0 atom stereocenters. The van der Waals surface area contributed by atoms with E-state index in [2.05, 4.69) is 15.6 Å². The molecule has 0 saturated carbocycles. The van der Waals surface area contributed by atoms with Crippen LogP contribution in [-0.4, -0.2) is 70.5 Å². The molecule has 2 N–H and O–H groups in total. The van der Waals surface area contributed by atoms with Crippen LogP contribution in [0.2, 0.25) is 5.02 Å². The largest absolute Gasteiger partial charge is 0.383 e. The number of aliphatic imine (C=N–C) groups is 1. The standard InChI is InChI=1S/C17H25ClN4O3S/c1-25-13-10-20-16-17(21-9-8-19-16)6-11-22(12-7-17)26(23,24)15-4-2-14(18)3-5-15/h2-5,21H,6-13H2,1H3,(H,19,20). The number of sulfonamides is 1. The molecule has 2 heterocycles. The number of halogens is 1. The van der Waals surface area contributed by atoms with Crippen molar-refractivity contribution in [1.82, 2.24) is 14.9 Å². The van der Waals surface area contributed by atoms with Gasteiger partial charge in [-0.25, -0.2) is 8.42 Å². The van der Waals surface area contributed by atoms with Crippen LogP contribution < -0.4 is 10.6 Å². The first-order valence-electron chi connectivity index (χ1n) is 8.76. The Kier molecular flexibility index (Phi) is 6.19. The van der Waals surface area contributed by atoms with E-state index in [0.29, 0.717) is 44.1 Å². The van der Waals surface area contributed by atoms with Gasteiger partial charge in [0.05, 0.1) is 23.6 Å². The van der Waals surface area contributed by atoms with Crippen LogP contribution in [0, 0.1) is 0 Å². The third-order valence-electron chi connectivity index (χ3n) is 4.92. The van der Waals surface area contributed by atoms with Crippen molar-refractivity contribution in [2.75, 3.05) is 46.4 Å². The van der Waals surface area contributed by atoms with Crippen LogP contribution in [0.15, 0.2) is 34.2 Å². The number of rotatable bonds is 5. The third-order valence-corrected chi connectivity index (χ3v) is 7.09. The second-order valence-electron chi connectivity index (χ2n) is 6.52. The molecular weight excluding hydrogens is 376 g/mol. The van der Waals surface area contributed by atoms with E-state index in [1.807, 2.05) is 0 Å². The highest BCUT2D eigenvalue weighted by Crippen LogP contribution is 2.29. The molecule has 1 spiro atoms. The van der Waals surface area contributed by atoms with E-state index in [0.717, 1.165) is 18.9 Å². The van der Waals surface area contributed by atoms with Gasteiger partial charge in [0, 0.05) is 38.3 Å². The van der Waals surface area contributed by atoms with Gasteiger partial charge in [0.2, 0.25) is 10.0 Å². The van der Waals surface area contributed by atoms with E-state index in [9.17, 15) is 8.42 Å². The van der Waals surface area contributed by atoms with Crippen LogP contribution in [0.25, 0.3) is 0 Å². The van der Waals surface area contributed by atoms with Gasteiger partial charge in [-0.05, 0) is 37.1 Å². The van der Waals surface area contributed by atoms with Gasteiger partial charge < -0.3 is 15.4 Å². The lowest BCUT2D eigenvalue weighted by Gasteiger charge is -2.44. The zero-order valence-corrected chi connectivity index (χ0v) is 16.4. The molecule has 2 aliphatic rings. The molecule has 7 nitrogen and oxygen atoms in total. The molecule has 2 aliphatic heterocycles. The topological polar surface area (TPSA) is 83.0 Å². The molecule has 0 amide bonds. The minimum absolute atomic E-state index is 0.279. The highest BCUT2D eigenvalue weighted by molar-refractivity contribution is 7.89. The molecular formula is C17H25ClN4O3S. The van der Waals surface area contributed by atoms with Crippen molar-refractivity contribution in [3.8, 4) is 0 Å². The lowest BCUT2D eigenvalue weighted by Crippen LogP contribution is -2.64. The first-order valence-corrected chi connectivity index (χ1v) is 10.6. The zero-order valence-electron chi connectivity index (χ0n) is 14.9. The van der Waals surface area contributed by atoms with Crippen LogP contribution in [0.4, 0.5) is 0 Å². The van der Waals surface area contributed by atoms with E-state index in [1.54, 1.807) is 35.7 Å². The first kappa shape index (κ1) is 19.6. The van der Waals surface area contributed by atoms with Crippen molar-refractivity contribution in [1.29, 1.82) is 0 Å². The van der Waals surface area contributed by atoms with E-state index in [-0.39, 0.29) is 10.4 Å². The van der Waals surface area contributed by atoms with Crippen LogP contribution >= 0.6 is 11.6 Å². The highest BCUT2D eigenvalue weighted by Gasteiger charge is 2.42. The molecule has 1 saturated heterocycles. The molecule has 0 aromatic heterocycles. The Morgan fingerprint density at radius 3 is 2.65 bits per heavy atom. The molecule has 0 aliphatic carbocycles. The second-order valence-corrected chi connectivity index (χ2v) is 8.89. The SMILES string of the molecule is COCCNC1=NCCNC12CCN(S(=O)(=O)c1ccc(Cl)cc1)CC2. The van der Waals surface area contributed by atoms with Gasteiger partial charge in [-0.1, -0.05) is 11.6 Å². The Labute approximate surface area is 159 Å². The van der Waals surface area contributed by atoms with Gasteiger partial charge in [0.25, 0.3) is 0 Å². The fraction of sp³-hybridized carbons (Fsp3) is 0.588. The third kappa shape index (κ3) is 4.04. The van der Waals surface area contributed by atoms with Gasteiger partial charge in [-0.3, -0.25) is 4.99 Å². The summed E-state index contributed by atoms with van der Waals surface area (Å²) in [6.45, 7) is 3.72. The number of amidine groups is 1. The van der Waals surface area contributed by atoms with E-state index in [4.69, 9.17) is 16.3 Å². The minimum Gasteiger partial charge on any atom is -0.383 e. The molecule has 9 heteroatoms. The van der Waals surface area contributed by atoms with Crippen LogP contribution in [0.5, 0.6) is 0 Å². The summed E-state index contributed by atoms with van der Waals surface area (Å²) < 4.78 is 32.4. The maximum Gasteiger partial charge on any atom is 0.243 e. The first-order chi connectivity index (χ1) is 12.5. The monoisotopic (exact) mass is 400 g/mol. The summed E-state index contributed by atoms with van der Waals surface area (Å²) in [7, 11) is -1.84. The van der Waals surface area contributed by atoms with Gasteiger partial charge in [0.15, 0.2) is 0 Å². The number of benzene rings is 1. The van der Waals surface area contributed by atoms with E-state index in [1.165, 1.54) is 0 Å². The predicted molar refractivity (Wildman–Crippen MR) is 102 cm³/mol. The summed E-state index contributed by atoms with van der Waals surface area (Å²) >= 11 is 5.87. The van der Waals surface area contributed by atoms with Crippen molar-refractivity contribution in [3.63, 3.8) is 0 Å². The molecule has 1 aromatic carbocycles. The number of nitrogens with zero attached hydrogens (tertiary/aromatic N) is 2. The molecule has 3 rings (SSSR count). The maximum atomic E-state index is 12.9. The number of hydrogen-bond donors (Lipinski definition) is 2. The predicted octanol–water partition coefficient (Wildman–Crippen LogP) is 1.10. The number of methoxy groups -OCH3 is 1. The summed E-state index contributed by atoms with van der Waals surface area (Å²) in [4.78, 5) is 4.92. The smallest absolute Gasteiger partial charge is 0.243 e. The fourth-order valence-electron chi connectivity index (χ4n) is 3.47. The molecule has 0 bridgehead atoms. The van der Waals surface area contributed by atoms with Gasteiger partial charge >= 0.3 is 0 Å². The van der Waals surface area contributed by atoms with Crippen molar-refractivity contribution in [2.45, 2.75) is 23.3 Å². The Morgan fingerprint density at radius 2 is 2.00 bits per heavy atom. The molecule has 0 unspecified atom stereocenters. The number of piperidine rings is 1. The summed E-state index contributed by atoms with van der Waals surface area (Å²) in [5.41, 5.74) is -0.280. The lowest BCUT2D eigenvalue weighted by atomic mass is 9.85. The average molecular weight is 401 g/mol. The highest BCUT2D eigenvalue weighted by atomic mass is 35.5. The number of ether oxygens (including phenoxy) is 1. The maximum absolute atomic E-state index is 12.9. The van der Waals surface area contributed by atoms with Crippen LogP contribution in [0.1, 0.15) is 12.8 Å². The Hall–Kier alpha value is -1.19. The van der Waals surface area contributed by atoms with Gasteiger partial charge in [0.1, 0.15) is 5.84 Å². The normalized spacial score (nSPS) is 20.8. The minimum atomic E-state index is -3.51. The van der Waals surface area contributed by atoms with Crippen LogP contribution in [-0.2, 0) is 14.8 Å². The summed E-state index contributed by atoms with van der Waals surface area (Å²) in [6, 6.07) is 6.32. The quantitative estimate of drug-likeness (QED) is 0.723. The Balaban J connectivity index is 1.70. The van der Waals surface area contributed by atoms with Gasteiger partial charge in [-0.15, -0.1) is 0 Å². The van der Waals surface area contributed by atoms with Crippen molar-refractivity contribution < 1.29 is 13.2 Å². The van der Waals surface area contributed by atoms with Crippen molar-refractivity contribution in [2.24, 2.45) is 4.99 Å². The lowest BCUT2D eigenvalue weighted by molar-refractivity contribution is 0.200. The van der Waals surface area contributed by atoms with E-state index < -0.39 is 10.0 Å². The molecule has 144 valence electrons. The number of nitrogens with one attached hydrogen (secondary N) is 2. The average Bonchev–Trinajstić information content (AvgIpc) is 2.64.